The fraction of sp³-hybridized carbons (Fsp3) is 0.500. The highest BCUT2D eigenvalue weighted by Crippen LogP contribution is 2.18. The second kappa shape index (κ2) is 15.2. The third-order valence-electron chi connectivity index (χ3n) is 7.01. The van der Waals surface area contributed by atoms with E-state index in [1.807, 2.05) is 50.2 Å². The summed E-state index contributed by atoms with van der Waals surface area (Å²) in [6, 6.07) is 19.0. The summed E-state index contributed by atoms with van der Waals surface area (Å²) < 4.78 is 5.84. The van der Waals surface area contributed by atoms with Crippen LogP contribution >= 0.6 is 0 Å². The minimum atomic E-state index is -0.774. The van der Waals surface area contributed by atoms with Gasteiger partial charge in [-0.2, -0.15) is 0 Å². The van der Waals surface area contributed by atoms with Gasteiger partial charge in [0.05, 0.1) is 12.6 Å². The molecule has 3 rings (SSSR count). The zero-order valence-electron chi connectivity index (χ0n) is 23.6. The van der Waals surface area contributed by atoms with E-state index in [1.165, 1.54) is 5.56 Å². The average Bonchev–Trinajstić information content (AvgIpc) is 2.94. The summed E-state index contributed by atoms with van der Waals surface area (Å²) in [6.45, 7) is 8.09. The average molecular weight is 538 g/mol. The number of hydrogen-bond acceptors (Lipinski definition) is 6. The maximum Gasteiger partial charge on any atom is 0.409 e. The Balaban J connectivity index is 1.66. The molecule has 1 heterocycles. The number of likely N-dealkylation sites (N-methyl/N-ethyl adjacent to an activating group) is 1. The Kier molecular flexibility index (Phi) is 11.8. The van der Waals surface area contributed by atoms with Crippen molar-refractivity contribution in [3.05, 3.63) is 71.8 Å². The molecule has 3 amide bonds. The molecule has 9 heteroatoms. The van der Waals surface area contributed by atoms with Crippen molar-refractivity contribution >= 4 is 17.9 Å². The molecule has 1 aliphatic rings. The smallest absolute Gasteiger partial charge is 0.409 e. The SMILES string of the molecule is CN[C@@H](C)C(=O)N[C@H](C(=O)N1CCN(Cc2ccccc2)C[C@@H]1OC(=O)NCCCc1ccccc1)C(C)C. The molecule has 0 aliphatic carbocycles. The molecule has 1 saturated heterocycles. The Labute approximate surface area is 232 Å². The largest absolute Gasteiger partial charge is 0.424 e. The number of carbonyl (C=O) groups excluding carboxylic acids is 3. The number of piperazine rings is 1. The van der Waals surface area contributed by atoms with E-state index in [-0.39, 0.29) is 17.7 Å². The molecule has 1 fully saturated rings. The number of benzene rings is 2. The third-order valence-corrected chi connectivity index (χ3v) is 7.01. The topological polar surface area (TPSA) is 103 Å². The van der Waals surface area contributed by atoms with E-state index in [0.29, 0.717) is 32.7 Å². The minimum absolute atomic E-state index is 0.139. The molecule has 0 spiro atoms. The van der Waals surface area contributed by atoms with Crippen LogP contribution in [-0.4, -0.2) is 79.2 Å². The Morgan fingerprint density at radius 2 is 1.59 bits per heavy atom. The molecule has 0 bridgehead atoms. The van der Waals surface area contributed by atoms with Gasteiger partial charge in [-0.3, -0.25) is 14.5 Å². The monoisotopic (exact) mass is 537 g/mol. The van der Waals surface area contributed by atoms with E-state index in [4.69, 9.17) is 4.74 Å². The van der Waals surface area contributed by atoms with E-state index in [0.717, 1.165) is 18.4 Å². The normalized spacial score (nSPS) is 17.4. The second-order valence-electron chi connectivity index (χ2n) is 10.4. The Bertz CT molecular complexity index is 1050. The number of amides is 3. The van der Waals surface area contributed by atoms with Crippen molar-refractivity contribution in [3.63, 3.8) is 0 Å². The van der Waals surface area contributed by atoms with Crippen LogP contribution < -0.4 is 16.0 Å². The number of nitrogens with zero attached hydrogens (tertiary/aromatic N) is 2. The van der Waals surface area contributed by atoms with Gasteiger partial charge in [0, 0.05) is 26.2 Å². The van der Waals surface area contributed by atoms with Crippen LogP contribution in [0.4, 0.5) is 4.79 Å². The molecule has 0 aromatic heterocycles. The Hall–Kier alpha value is -3.43. The summed E-state index contributed by atoms with van der Waals surface area (Å²) in [5.74, 6) is -0.635. The fourth-order valence-corrected chi connectivity index (χ4v) is 4.54. The van der Waals surface area contributed by atoms with Crippen molar-refractivity contribution < 1.29 is 19.1 Å². The summed E-state index contributed by atoms with van der Waals surface area (Å²) in [7, 11) is 1.70. The second-order valence-corrected chi connectivity index (χ2v) is 10.4. The molecule has 3 N–H and O–H groups in total. The Morgan fingerprint density at radius 1 is 0.949 bits per heavy atom. The zero-order chi connectivity index (χ0) is 28.2. The van der Waals surface area contributed by atoms with Crippen LogP contribution in [0.2, 0.25) is 0 Å². The van der Waals surface area contributed by atoms with Gasteiger partial charge in [-0.05, 0) is 43.9 Å². The van der Waals surface area contributed by atoms with Crippen molar-refractivity contribution in [2.45, 2.75) is 58.5 Å². The number of nitrogens with one attached hydrogen (secondary N) is 3. The van der Waals surface area contributed by atoms with E-state index in [1.54, 1.807) is 18.9 Å². The molecule has 9 nitrogen and oxygen atoms in total. The predicted octanol–water partition coefficient (Wildman–Crippen LogP) is 2.76. The van der Waals surface area contributed by atoms with Gasteiger partial charge in [0.15, 0.2) is 6.23 Å². The van der Waals surface area contributed by atoms with Gasteiger partial charge >= 0.3 is 6.09 Å². The van der Waals surface area contributed by atoms with Crippen LogP contribution in [0.25, 0.3) is 0 Å². The lowest BCUT2D eigenvalue weighted by Crippen LogP contribution is -2.62. The number of ether oxygens (including phenoxy) is 1. The van der Waals surface area contributed by atoms with E-state index < -0.39 is 24.4 Å². The van der Waals surface area contributed by atoms with Crippen LogP contribution in [0.15, 0.2) is 60.7 Å². The van der Waals surface area contributed by atoms with E-state index in [9.17, 15) is 14.4 Å². The first kappa shape index (κ1) is 30.1. The molecular weight excluding hydrogens is 494 g/mol. The quantitative estimate of drug-likeness (QED) is 0.360. The predicted molar refractivity (Wildman–Crippen MR) is 152 cm³/mol. The first-order valence-corrected chi connectivity index (χ1v) is 13.8. The molecule has 2 aromatic rings. The fourth-order valence-electron chi connectivity index (χ4n) is 4.54. The lowest BCUT2D eigenvalue weighted by atomic mass is 10.0. The summed E-state index contributed by atoms with van der Waals surface area (Å²) in [6.07, 6.45) is 0.295. The standard InChI is InChI=1S/C30H43N5O4/c1-22(2)27(33-28(36)23(3)31-4)29(37)35-19-18-34(20-25-14-9-6-10-15-25)21-26(35)39-30(38)32-17-11-16-24-12-7-5-8-13-24/h5-10,12-15,22-23,26-27,31H,11,16-21H2,1-4H3,(H,32,38)(H,33,36)/t23-,26-,27-/m0/s1. The van der Waals surface area contributed by atoms with Crippen LogP contribution in [0.3, 0.4) is 0 Å². The first-order valence-electron chi connectivity index (χ1n) is 13.8. The van der Waals surface area contributed by atoms with Crippen LogP contribution in [0.1, 0.15) is 38.3 Å². The molecule has 1 aliphatic heterocycles. The van der Waals surface area contributed by atoms with Gasteiger partial charge in [-0.1, -0.05) is 74.5 Å². The van der Waals surface area contributed by atoms with Crippen LogP contribution in [-0.2, 0) is 27.3 Å². The van der Waals surface area contributed by atoms with Crippen molar-refractivity contribution in [2.75, 3.05) is 33.2 Å². The molecule has 39 heavy (non-hydrogen) atoms. The molecule has 212 valence electrons. The lowest BCUT2D eigenvalue weighted by Gasteiger charge is -2.42. The number of alkyl carbamates (subject to hydrolysis) is 1. The van der Waals surface area contributed by atoms with Gasteiger partial charge in [-0.15, -0.1) is 0 Å². The van der Waals surface area contributed by atoms with Crippen molar-refractivity contribution in [1.29, 1.82) is 0 Å². The van der Waals surface area contributed by atoms with E-state index >= 15 is 0 Å². The zero-order valence-corrected chi connectivity index (χ0v) is 23.6. The lowest BCUT2D eigenvalue weighted by molar-refractivity contribution is -0.153. The number of aryl methyl sites for hydroxylation is 1. The highest BCUT2D eigenvalue weighted by molar-refractivity contribution is 5.90. The van der Waals surface area contributed by atoms with Crippen LogP contribution in [0.5, 0.6) is 0 Å². The van der Waals surface area contributed by atoms with Crippen molar-refractivity contribution in [3.8, 4) is 0 Å². The van der Waals surface area contributed by atoms with Gasteiger partial charge in [0.1, 0.15) is 6.04 Å². The van der Waals surface area contributed by atoms with Gasteiger partial charge in [0.25, 0.3) is 0 Å². The summed E-state index contributed by atoms with van der Waals surface area (Å²) in [5, 5.41) is 8.62. The summed E-state index contributed by atoms with van der Waals surface area (Å²) in [4.78, 5) is 42.9. The van der Waals surface area contributed by atoms with Gasteiger partial charge < -0.3 is 25.6 Å². The third kappa shape index (κ3) is 9.37. The van der Waals surface area contributed by atoms with E-state index in [2.05, 4.69) is 45.1 Å². The molecule has 0 saturated carbocycles. The highest BCUT2D eigenvalue weighted by atomic mass is 16.6. The van der Waals surface area contributed by atoms with Gasteiger partial charge in [0.2, 0.25) is 11.8 Å². The molecular formula is C30H43N5O4. The number of hydrogen-bond donors (Lipinski definition) is 3. The number of rotatable bonds is 12. The highest BCUT2D eigenvalue weighted by Gasteiger charge is 2.38. The summed E-state index contributed by atoms with van der Waals surface area (Å²) >= 11 is 0. The maximum absolute atomic E-state index is 13.7. The minimum Gasteiger partial charge on any atom is -0.424 e. The molecule has 0 unspecified atom stereocenters. The molecule has 3 atom stereocenters. The van der Waals surface area contributed by atoms with Crippen molar-refractivity contribution in [1.82, 2.24) is 25.8 Å². The van der Waals surface area contributed by atoms with Gasteiger partial charge in [-0.25, -0.2) is 4.79 Å². The number of carbonyl (C=O) groups is 3. The molecule has 0 radical (unpaired) electrons. The first-order chi connectivity index (χ1) is 18.8. The van der Waals surface area contributed by atoms with Crippen LogP contribution in [0, 0.1) is 5.92 Å². The Morgan fingerprint density at radius 3 is 2.21 bits per heavy atom. The molecule has 2 aromatic carbocycles. The van der Waals surface area contributed by atoms with Crippen molar-refractivity contribution in [2.24, 2.45) is 5.92 Å². The maximum atomic E-state index is 13.7. The summed E-state index contributed by atoms with van der Waals surface area (Å²) in [5.41, 5.74) is 2.36.